The van der Waals surface area contributed by atoms with Crippen LogP contribution in [-0.2, 0) is 6.42 Å². The fourth-order valence-electron chi connectivity index (χ4n) is 2.47. The van der Waals surface area contributed by atoms with Gasteiger partial charge in [-0.2, -0.15) is 0 Å². The first kappa shape index (κ1) is 9.33. The third kappa shape index (κ3) is 1.36. The molecule has 0 radical (unpaired) electrons. The maximum atomic E-state index is 5.95. The van der Waals surface area contributed by atoms with Crippen molar-refractivity contribution >= 4 is 5.82 Å². The van der Waals surface area contributed by atoms with E-state index in [1.165, 1.54) is 5.56 Å². The third-order valence-electron chi connectivity index (χ3n) is 3.22. The predicted molar refractivity (Wildman–Crippen MR) is 63.1 cm³/mol. The molecule has 1 aliphatic carbocycles. The minimum atomic E-state index is 0.373. The lowest BCUT2D eigenvalue weighted by Crippen LogP contribution is -2.03. The topological polar surface area (TPSA) is 51.8 Å². The van der Waals surface area contributed by atoms with Crippen molar-refractivity contribution in [3.05, 3.63) is 53.5 Å². The number of nitrogens with two attached hydrogens (primary N) is 1. The van der Waals surface area contributed by atoms with Crippen LogP contribution in [0.1, 0.15) is 29.2 Å². The highest BCUT2D eigenvalue weighted by molar-refractivity contribution is 5.51. The van der Waals surface area contributed by atoms with Gasteiger partial charge in [0.25, 0.3) is 0 Å². The van der Waals surface area contributed by atoms with Gasteiger partial charge in [0.15, 0.2) is 0 Å². The molecule has 3 heteroatoms. The molecule has 2 N–H and O–H groups in total. The van der Waals surface area contributed by atoms with Gasteiger partial charge in [0.1, 0.15) is 12.1 Å². The number of aryl methyl sites for hydroxylation is 1. The van der Waals surface area contributed by atoms with Crippen LogP contribution >= 0.6 is 0 Å². The van der Waals surface area contributed by atoms with Gasteiger partial charge in [-0.05, 0) is 18.4 Å². The Morgan fingerprint density at radius 2 is 1.94 bits per heavy atom. The Kier molecular flexibility index (Phi) is 2.10. The minimum Gasteiger partial charge on any atom is -0.383 e. The van der Waals surface area contributed by atoms with Crippen molar-refractivity contribution in [3.63, 3.8) is 0 Å². The molecule has 0 fully saturated rings. The standard InChI is InChI=1S/C13H13N3/c14-13-12-10(9-4-2-1-3-5-9)6-7-11(12)15-8-16-13/h1-5,8,10H,6-7H2,(H2,14,15,16). The van der Waals surface area contributed by atoms with Crippen LogP contribution in [0.4, 0.5) is 5.82 Å². The Bertz CT molecular complexity index is 508. The van der Waals surface area contributed by atoms with Crippen molar-refractivity contribution in [2.45, 2.75) is 18.8 Å². The van der Waals surface area contributed by atoms with E-state index in [2.05, 4.69) is 34.2 Å². The normalized spacial score (nSPS) is 18.4. The third-order valence-corrected chi connectivity index (χ3v) is 3.22. The molecule has 1 heterocycles. The van der Waals surface area contributed by atoms with E-state index in [-0.39, 0.29) is 0 Å². The van der Waals surface area contributed by atoms with Crippen molar-refractivity contribution in [2.75, 3.05) is 5.73 Å². The highest BCUT2D eigenvalue weighted by Crippen LogP contribution is 2.39. The number of aromatic nitrogens is 2. The highest BCUT2D eigenvalue weighted by Gasteiger charge is 2.27. The van der Waals surface area contributed by atoms with E-state index in [1.54, 1.807) is 6.33 Å². The van der Waals surface area contributed by atoms with E-state index in [9.17, 15) is 0 Å². The van der Waals surface area contributed by atoms with Crippen LogP contribution in [0.5, 0.6) is 0 Å². The molecule has 1 aliphatic rings. The average Bonchev–Trinajstić information content (AvgIpc) is 2.75. The monoisotopic (exact) mass is 211 g/mol. The summed E-state index contributed by atoms with van der Waals surface area (Å²) >= 11 is 0. The molecule has 1 unspecified atom stereocenters. The molecular formula is C13H13N3. The summed E-state index contributed by atoms with van der Waals surface area (Å²) in [7, 11) is 0. The van der Waals surface area contributed by atoms with Crippen LogP contribution < -0.4 is 5.73 Å². The van der Waals surface area contributed by atoms with E-state index < -0.39 is 0 Å². The number of fused-ring (bicyclic) bond motifs is 1. The summed E-state index contributed by atoms with van der Waals surface area (Å²) in [6.45, 7) is 0. The molecule has 2 aromatic rings. The molecule has 80 valence electrons. The highest BCUT2D eigenvalue weighted by atomic mass is 14.9. The van der Waals surface area contributed by atoms with Crippen molar-refractivity contribution in [3.8, 4) is 0 Å². The second-order valence-corrected chi connectivity index (χ2v) is 4.12. The zero-order valence-corrected chi connectivity index (χ0v) is 8.93. The number of hydrogen-bond donors (Lipinski definition) is 1. The number of nitrogens with zero attached hydrogens (tertiary/aromatic N) is 2. The summed E-state index contributed by atoms with van der Waals surface area (Å²) in [5.74, 6) is 1.01. The molecule has 0 aliphatic heterocycles. The fraction of sp³-hybridized carbons (Fsp3) is 0.231. The minimum absolute atomic E-state index is 0.373. The molecule has 16 heavy (non-hydrogen) atoms. The van der Waals surface area contributed by atoms with Gasteiger partial charge in [0.05, 0.1) is 0 Å². The predicted octanol–water partition coefficient (Wildman–Crippen LogP) is 2.14. The van der Waals surface area contributed by atoms with Crippen LogP contribution in [0.2, 0.25) is 0 Å². The molecule has 0 amide bonds. The molecule has 0 spiro atoms. The molecule has 1 aromatic heterocycles. The van der Waals surface area contributed by atoms with Crippen LogP contribution in [-0.4, -0.2) is 9.97 Å². The van der Waals surface area contributed by atoms with Crippen LogP contribution in [0.25, 0.3) is 0 Å². The lowest BCUT2D eigenvalue weighted by molar-refractivity contribution is 0.786. The number of nitrogen functional groups attached to an aromatic ring is 1. The SMILES string of the molecule is Nc1ncnc2c1C(c1ccccc1)CC2. The Hall–Kier alpha value is -1.90. The molecule has 3 rings (SSSR count). The lowest BCUT2D eigenvalue weighted by atomic mass is 9.94. The largest absolute Gasteiger partial charge is 0.383 e. The van der Waals surface area contributed by atoms with Crippen LogP contribution in [0, 0.1) is 0 Å². The molecule has 1 aromatic carbocycles. The number of benzene rings is 1. The van der Waals surface area contributed by atoms with Crippen molar-refractivity contribution in [1.82, 2.24) is 9.97 Å². The summed E-state index contributed by atoms with van der Waals surface area (Å²) in [5.41, 5.74) is 9.50. The molecule has 0 saturated heterocycles. The Morgan fingerprint density at radius 1 is 1.12 bits per heavy atom. The summed E-state index contributed by atoms with van der Waals surface area (Å²) in [4.78, 5) is 8.40. The Balaban J connectivity index is 2.10. The maximum absolute atomic E-state index is 5.95. The van der Waals surface area contributed by atoms with Gasteiger partial charge >= 0.3 is 0 Å². The van der Waals surface area contributed by atoms with Crippen molar-refractivity contribution in [2.24, 2.45) is 0 Å². The van der Waals surface area contributed by atoms with Crippen LogP contribution in [0.15, 0.2) is 36.7 Å². The summed E-state index contributed by atoms with van der Waals surface area (Å²) < 4.78 is 0. The van der Waals surface area contributed by atoms with Gasteiger partial charge in [-0.3, -0.25) is 0 Å². The van der Waals surface area contributed by atoms with E-state index in [1.807, 2.05) is 6.07 Å². The molecule has 0 saturated carbocycles. The van der Waals surface area contributed by atoms with E-state index >= 15 is 0 Å². The van der Waals surface area contributed by atoms with Gasteiger partial charge in [-0.25, -0.2) is 9.97 Å². The zero-order chi connectivity index (χ0) is 11.0. The smallest absolute Gasteiger partial charge is 0.130 e. The summed E-state index contributed by atoms with van der Waals surface area (Å²) in [6, 6.07) is 10.4. The first-order chi connectivity index (χ1) is 7.86. The molecule has 0 bridgehead atoms. The Labute approximate surface area is 94.4 Å². The van der Waals surface area contributed by atoms with Gasteiger partial charge in [-0.15, -0.1) is 0 Å². The summed E-state index contributed by atoms with van der Waals surface area (Å²) in [5, 5.41) is 0. The van der Waals surface area contributed by atoms with Gasteiger partial charge < -0.3 is 5.73 Å². The Morgan fingerprint density at radius 3 is 2.75 bits per heavy atom. The lowest BCUT2D eigenvalue weighted by Gasteiger charge is -2.12. The number of hydrogen-bond acceptors (Lipinski definition) is 3. The first-order valence-corrected chi connectivity index (χ1v) is 5.50. The molecule has 1 atom stereocenters. The number of anilines is 1. The zero-order valence-electron chi connectivity index (χ0n) is 8.93. The number of rotatable bonds is 1. The van der Waals surface area contributed by atoms with E-state index in [4.69, 9.17) is 5.73 Å². The fourth-order valence-corrected chi connectivity index (χ4v) is 2.47. The van der Waals surface area contributed by atoms with E-state index in [0.717, 1.165) is 24.1 Å². The van der Waals surface area contributed by atoms with Gasteiger partial charge in [0, 0.05) is 17.2 Å². The second-order valence-electron chi connectivity index (χ2n) is 4.12. The second kappa shape index (κ2) is 3.59. The quantitative estimate of drug-likeness (QED) is 0.786. The maximum Gasteiger partial charge on any atom is 0.130 e. The molecular weight excluding hydrogens is 198 g/mol. The molecule has 3 nitrogen and oxygen atoms in total. The van der Waals surface area contributed by atoms with Gasteiger partial charge in [-0.1, -0.05) is 30.3 Å². The van der Waals surface area contributed by atoms with Crippen molar-refractivity contribution < 1.29 is 0 Å². The summed E-state index contributed by atoms with van der Waals surface area (Å²) in [6.07, 6.45) is 3.64. The first-order valence-electron chi connectivity index (χ1n) is 5.50. The van der Waals surface area contributed by atoms with Crippen LogP contribution in [0.3, 0.4) is 0 Å². The van der Waals surface area contributed by atoms with E-state index in [0.29, 0.717) is 11.7 Å². The average molecular weight is 211 g/mol. The van der Waals surface area contributed by atoms with Crippen molar-refractivity contribution in [1.29, 1.82) is 0 Å². The van der Waals surface area contributed by atoms with Gasteiger partial charge in [0.2, 0.25) is 0 Å².